The van der Waals surface area contributed by atoms with Gasteiger partial charge in [-0.1, -0.05) is 18.2 Å². The minimum Gasteiger partial charge on any atom is -0.437 e. The first-order valence-corrected chi connectivity index (χ1v) is 6.07. The van der Waals surface area contributed by atoms with Gasteiger partial charge >= 0.3 is 6.09 Å². The number of anilines is 1. The molecule has 1 saturated heterocycles. The second-order valence-electron chi connectivity index (χ2n) is 4.76. The zero-order valence-corrected chi connectivity index (χ0v) is 11.3. The Kier molecular flexibility index (Phi) is 3.82. The molecule has 1 amide bonds. The lowest BCUT2D eigenvalue weighted by Gasteiger charge is -2.41. The van der Waals surface area contributed by atoms with Crippen LogP contribution in [-0.2, 0) is 10.3 Å². The molecular formula is C12H14ClN3O4. The summed E-state index contributed by atoms with van der Waals surface area (Å²) in [5, 5.41) is 16.4. The molecule has 1 fully saturated rings. The van der Waals surface area contributed by atoms with Crippen molar-refractivity contribution in [2.75, 3.05) is 11.9 Å². The van der Waals surface area contributed by atoms with Gasteiger partial charge in [-0.25, -0.2) is 4.79 Å². The number of hydrogen-bond donors (Lipinski definition) is 2. The van der Waals surface area contributed by atoms with Crippen LogP contribution in [0.3, 0.4) is 0 Å². The predicted molar refractivity (Wildman–Crippen MR) is 73.5 cm³/mol. The number of fused-ring (bicyclic) bond motifs is 2. The van der Waals surface area contributed by atoms with Crippen LogP contribution in [0.5, 0.6) is 0 Å². The summed E-state index contributed by atoms with van der Waals surface area (Å²) >= 11 is 0. The molecule has 0 aliphatic carbocycles. The Balaban J connectivity index is 0.00000147. The lowest BCUT2D eigenvalue weighted by molar-refractivity contribution is -0.536. The largest absolute Gasteiger partial charge is 0.437 e. The monoisotopic (exact) mass is 299 g/mol. The number of hydrogen-bond acceptors (Lipinski definition) is 5. The Morgan fingerprint density at radius 2 is 2.15 bits per heavy atom. The first-order valence-electron chi connectivity index (χ1n) is 6.07. The molecule has 2 atom stereocenters. The Bertz CT molecular complexity index is 553. The van der Waals surface area contributed by atoms with E-state index in [-0.39, 0.29) is 23.8 Å². The molecule has 2 aliphatic heterocycles. The number of halogens is 1. The zero-order chi connectivity index (χ0) is 13.5. The van der Waals surface area contributed by atoms with E-state index in [9.17, 15) is 14.9 Å². The van der Waals surface area contributed by atoms with Crippen molar-refractivity contribution >= 4 is 24.2 Å². The van der Waals surface area contributed by atoms with E-state index < -0.39 is 17.9 Å². The molecule has 108 valence electrons. The second-order valence-corrected chi connectivity index (χ2v) is 4.76. The molecule has 0 saturated carbocycles. The van der Waals surface area contributed by atoms with Gasteiger partial charge in [0.1, 0.15) is 0 Å². The molecule has 2 N–H and O–H groups in total. The van der Waals surface area contributed by atoms with Gasteiger partial charge < -0.3 is 4.74 Å². The topological polar surface area (TPSA) is 93.5 Å². The molecule has 2 unspecified atom stereocenters. The molecular weight excluding hydrogens is 286 g/mol. The summed E-state index contributed by atoms with van der Waals surface area (Å²) in [7, 11) is 0. The number of nitrogens with one attached hydrogen (secondary N) is 2. The number of benzene rings is 1. The summed E-state index contributed by atoms with van der Waals surface area (Å²) in [6.45, 7) is 0.438. The molecule has 20 heavy (non-hydrogen) atoms. The maximum atomic E-state index is 11.7. The normalized spacial score (nSPS) is 27.8. The summed E-state index contributed by atoms with van der Waals surface area (Å²) in [5.74, 6) is 0. The molecule has 2 heterocycles. The first kappa shape index (κ1) is 14.5. The molecule has 7 nitrogen and oxygen atoms in total. The highest BCUT2D eigenvalue weighted by atomic mass is 35.5. The number of ether oxygens (including phenoxy) is 1. The Morgan fingerprint density at radius 1 is 1.40 bits per heavy atom. The molecule has 0 aromatic heterocycles. The zero-order valence-electron chi connectivity index (χ0n) is 10.5. The Labute approximate surface area is 121 Å². The van der Waals surface area contributed by atoms with E-state index >= 15 is 0 Å². The highest BCUT2D eigenvalue weighted by Crippen LogP contribution is 2.43. The summed E-state index contributed by atoms with van der Waals surface area (Å²) < 4.78 is 5.43. The summed E-state index contributed by atoms with van der Waals surface area (Å²) in [6, 6.07) is 7.27. The van der Waals surface area contributed by atoms with Crippen LogP contribution < -0.4 is 10.6 Å². The smallest absolute Gasteiger partial charge is 0.412 e. The van der Waals surface area contributed by atoms with Crippen LogP contribution in [0.4, 0.5) is 10.5 Å². The van der Waals surface area contributed by atoms with Crippen molar-refractivity contribution in [3.63, 3.8) is 0 Å². The summed E-state index contributed by atoms with van der Waals surface area (Å²) in [5.41, 5.74) is 0.577. The van der Waals surface area contributed by atoms with Crippen molar-refractivity contribution in [3.8, 4) is 0 Å². The number of piperidine rings is 1. The quantitative estimate of drug-likeness (QED) is 0.610. The fourth-order valence-electron chi connectivity index (χ4n) is 2.77. The van der Waals surface area contributed by atoms with Crippen LogP contribution in [0.1, 0.15) is 18.4 Å². The van der Waals surface area contributed by atoms with Crippen LogP contribution in [0.2, 0.25) is 0 Å². The first-order chi connectivity index (χ1) is 9.11. The number of carbonyl (C=O) groups excluding carboxylic acids is 1. The fraction of sp³-hybridized carbons (Fsp3) is 0.417. The maximum absolute atomic E-state index is 11.7. The highest BCUT2D eigenvalue weighted by Gasteiger charge is 2.48. The second kappa shape index (κ2) is 5.26. The van der Waals surface area contributed by atoms with E-state index in [0.717, 1.165) is 5.56 Å². The number of amides is 1. The average molecular weight is 300 g/mol. The third-order valence-electron chi connectivity index (χ3n) is 3.63. The lowest BCUT2D eigenvalue weighted by atomic mass is 9.82. The molecule has 8 heteroatoms. The number of para-hydroxylation sites is 1. The molecule has 1 aromatic carbocycles. The molecule has 1 spiro atoms. The van der Waals surface area contributed by atoms with Crippen molar-refractivity contribution < 1.29 is 14.5 Å². The van der Waals surface area contributed by atoms with E-state index in [1.54, 1.807) is 6.07 Å². The number of carbonyl (C=O) groups is 1. The molecule has 3 rings (SSSR count). The average Bonchev–Trinajstić information content (AvgIpc) is 2.38. The van der Waals surface area contributed by atoms with Gasteiger partial charge in [-0.05, 0) is 6.07 Å². The molecule has 0 bridgehead atoms. The van der Waals surface area contributed by atoms with Crippen LogP contribution in [-0.4, -0.2) is 23.7 Å². The van der Waals surface area contributed by atoms with Gasteiger partial charge in [0.05, 0.1) is 12.1 Å². The molecule has 1 aromatic rings. The van der Waals surface area contributed by atoms with Gasteiger partial charge in [0.15, 0.2) is 5.60 Å². The van der Waals surface area contributed by atoms with Crippen LogP contribution in [0.25, 0.3) is 0 Å². The van der Waals surface area contributed by atoms with Crippen molar-refractivity contribution in [2.45, 2.75) is 24.6 Å². The highest BCUT2D eigenvalue weighted by molar-refractivity contribution is 5.88. The summed E-state index contributed by atoms with van der Waals surface area (Å²) in [4.78, 5) is 22.2. The van der Waals surface area contributed by atoms with E-state index in [0.29, 0.717) is 18.7 Å². The van der Waals surface area contributed by atoms with Gasteiger partial charge in [0.25, 0.3) is 6.17 Å². The molecule has 0 radical (unpaired) electrons. The Morgan fingerprint density at radius 3 is 2.90 bits per heavy atom. The van der Waals surface area contributed by atoms with E-state index in [1.807, 2.05) is 18.2 Å². The van der Waals surface area contributed by atoms with Crippen molar-refractivity contribution in [3.05, 3.63) is 39.9 Å². The fourth-order valence-corrected chi connectivity index (χ4v) is 2.77. The minimum atomic E-state index is -0.901. The summed E-state index contributed by atoms with van der Waals surface area (Å²) in [6.07, 6.45) is -0.776. The van der Waals surface area contributed by atoms with Crippen molar-refractivity contribution in [1.29, 1.82) is 0 Å². The van der Waals surface area contributed by atoms with Crippen molar-refractivity contribution in [2.24, 2.45) is 0 Å². The number of nitrogens with zero attached hydrogens (tertiary/aromatic N) is 1. The van der Waals surface area contributed by atoms with Gasteiger partial charge in [-0.3, -0.25) is 20.7 Å². The van der Waals surface area contributed by atoms with Crippen LogP contribution >= 0.6 is 12.4 Å². The minimum absolute atomic E-state index is 0. The Hall–Kier alpha value is -1.86. The SMILES string of the molecule is Cl.O=C1Nc2ccccc2C2(CCNC([N+](=O)[O-])C2)O1. The van der Waals surface area contributed by atoms with E-state index in [2.05, 4.69) is 10.6 Å². The van der Waals surface area contributed by atoms with Gasteiger partial charge in [-0.2, -0.15) is 0 Å². The number of rotatable bonds is 1. The van der Waals surface area contributed by atoms with Gasteiger partial charge in [-0.15, -0.1) is 12.4 Å². The van der Waals surface area contributed by atoms with Gasteiger partial charge in [0, 0.05) is 23.5 Å². The number of nitro groups is 1. The third kappa shape index (κ3) is 2.30. The van der Waals surface area contributed by atoms with Crippen LogP contribution in [0, 0.1) is 10.1 Å². The van der Waals surface area contributed by atoms with Crippen molar-refractivity contribution in [1.82, 2.24) is 5.32 Å². The predicted octanol–water partition coefficient (Wildman–Crippen LogP) is 1.85. The van der Waals surface area contributed by atoms with E-state index in [4.69, 9.17) is 4.74 Å². The standard InChI is InChI=1S/C12H13N3O4.ClH/c16-11-14-9-4-2-1-3-8(9)12(19-11)5-6-13-10(7-12)15(17)18;/h1-4,10,13H,5-7H2,(H,14,16);1H. The third-order valence-corrected chi connectivity index (χ3v) is 3.63. The van der Waals surface area contributed by atoms with Crippen LogP contribution in [0.15, 0.2) is 24.3 Å². The lowest BCUT2D eigenvalue weighted by Crippen LogP contribution is -2.53. The molecule has 2 aliphatic rings. The maximum Gasteiger partial charge on any atom is 0.412 e. The van der Waals surface area contributed by atoms with E-state index in [1.165, 1.54) is 0 Å². The van der Waals surface area contributed by atoms with Gasteiger partial charge in [0.2, 0.25) is 0 Å².